The van der Waals surface area contributed by atoms with Crippen molar-refractivity contribution in [1.29, 1.82) is 0 Å². The highest BCUT2D eigenvalue weighted by molar-refractivity contribution is 7.89. The van der Waals surface area contributed by atoms with Crippen molar-refractivity contribution in [2.45, 2.75) is 11.8 Å². The van der Waals surface area contributed by atoms with Crippen molar-refractivity contribution in [1.82, 2.24) is 4.83 Å². The van der Waals surface area contributed by atoms with E-state index in [0.717, 1.165) is 0 Å². The van der Waals surface area contributed by atoms with Gasteiger partial charge in [-0.05, 0) is 30.3 Å². The third-order valence-corrected chi connectivity index (χ3v) is 3.65. The Kier molecular flexibility index (Phi) is 4.39. The minimum Gasteiger partial charge on any atom is -0.472 e. The van der Waals surface area contributed by atoms with Crippen LogP contribution in [0.3, 0.4) is 0 Å². The first kappa shape index (κ1) is 14.8. The van der Waals surface area contributed by atoms with Crippen molar-refractivity contribution in [2.24, 2.45) is 5.10 Å². The summed E-state index contributed by atoms with van der Waals surface area (Å²) in [6.07, 6.45) is 4.21. The molecule has 0 saturated heterocycles. The third-order valence-electron chi connectivity index (χ3n) is 2.41. The number of furan rings is 1. The molecule has 8 heteroatoms. The Morgan fingerprint density at radius 2 is 1.95 bits per heavy atom. The van der Waals surface area contributed by atoms with Crippen molar-refractivity contribution in [3.05, 3.63) is 48.4 Å². The molecule has 0 saturated carbocycles. The zero-order valence-electron chi connectivity index (χ0n) is 11.1. The van der Waals surface area contributed by atoms with Crippen LogP contribution in [0.25, 0.3) is 0 Å². The molecule has 1 amide bonds. The number of carbonyl (C=O) groups is 1. The summed E-state index contributed by atoms with van der Waals surface area (Å²) in [5.41, 5.74) is 1.15. The van der Waals surface area contributed by atoms with Gasteiger partial charge in [0.1, 0.15) is 0 Å². The first-order valence-corrected chi connectivity index (χ1v) is 7.40. The molecule has 0 bridgehead atoms. The van der Waals surface area contributed by atoms with E-state index in [1.165, 1.54) is 49.9 Å². The van der Waals surface area contributed by atoms with Crippen LogP contribution in [-0.2, 0) is 14.8 Å². The van der Waals surface area contributed by atoms with Crippen LogP contribution in [0, 0.1) is 0 Å². The van der Waals surface area contributed by atoms with Gasteiger partial charge in [0.25, 0.3) is 10.0 Å². The lowest BCUT2D eigenvalue weighted by Gasteiger charge is -2.05. The van der Waals surface area contributed by atoms with Gasteiger partial charge in [0.05, 0.1) is 23.6 Å². The van der Waals surface area contributed by atoms with Gasteiger partial charge in [0.2, 0.25) is 5.91 Å². The molecule has 0 aliphatic carbocycles. The topological polar surface area (TPSA) is 101 Å². The Balaban J connectivity index is 2.07. The van der Waals surface area contributed by atoms with Crippen molar-refractivity contribution in [3.63, 3.8) is 0 Å². The van der Waals surface area contributed by atoms with Gasteiger partial charge in [-0.3, -0.25) is 4.79 Å². The maximum absolute atomic E-state index is 12.0. The van der Waals surface area contributed by atoms with Crippen LogP contribution in [-0.4, -0.2) is 20.5 Å². The van der Waals surface area contributed by atoms with Gasteiger partial charge in [0, 0.05) is 18.2 Å². The lowest BCUT2D eigenvalue weighted by molar-refractivity contribution is -0.114. The molecule has 0 radical (unpaired) electrons. The van der Waals surface area contributed by atoms with E-state index in [1.807, 2.05) is 0 Å². The number of sulfonamides is 1. The molecule has 1 aromatic carbocycles. The van der Waals surface area contributed by atoms with Crippen molar-refractivity contribution < 1.29 is 17.6 Å². The van der Waals surface area contributed by atoms with E-state index in [2.05, 4.69) is 15.2 Å². The average molecular weight is 307 g/mol. The van der Waals surface area contributed by atoms with Crippen molar-refractivity contribution in [3.8, 4) is 0 Å². The number of benzene rings is 1. The van der Waals surface area contributed by atoms with E-state index >= 15 is 0 Å². The number of nitrogens with zero attached hydrogens (tertiary/aromatic N) is 1. The van der Waals surface area contributed by atoms with E-state index in [4.69, 9.17) is 4.42 Å². The fourth-order valence-electron chi connectivity index (χ4n) is 1.49. The third kappa shape index (κ3) is 4.18. The minimum absolute atomic E-state index is 0.0425. The van der Waals surface area contributed by atoms with E-state index in [9.17, 15) is 13.2 Å². The molecule has 7 nitrogen and oxygen atoms in total. The van der Waals surface area contributed by atoms with E-state index < -0.39 is 10.0 Å². The lowest BCUT2D eigenvalue weighted by atomic mass is 10.3. The Morgan fingerprint density at radius 1 is 1.24 bits per heavy atom. The fourth-order valence-corrected chi connectivity index (χ4v) is 2.28. The Hall–Kier alpha value is -2.61. The normalized spacial score (nSPS) is 11.5. The van der Waals surface area contributed by atoms with Crippen LogP contribution in [0.5, 0.6) is 0 Å². The van der Waals surface area contributed by atoms with Gasteiger partial charge in [-0.2, -0.15) is 13.5 Å². The number of anilines is 1. The lowest BCUT2D eigenvalue weighted by Crippen LogP contribution is -2.18. The number of rotatable bonds is 5. The largest absolute Gasteiger partial charge is 0.472 e. The molecule has 1 heterocycles. The summed E-state index contributed by atoms with van der Waals surface area (Å²) < 4.78 is 28.7. The monoisotopic (exact) mass is 307 g/mol. The second-order valence-corrected chi connectivity index (χ2v) is 5.78. The molecule has 1 aromatic heterocycles. The number of nitrogens with one attached hydrogen (secondary N) is 2. The van der Waals surface area contributed by atoms with Crippen molar-refractivity contribution >= 4 is 27.8 Å². The first-order chi connectivity index (χ1) is 9.97. The number of amides is 1. The number of hydrogen-bond donors (Lipinski definition) is 2. The second-order valence-electron chi connectivity index (χ2n) is 4.12. The predicted octanol–water partition coefficient (Wildman–Crippen LogP) is 1.55. The molecule has 0 fully saturated rings. The molecule has 0 spiro atoms. The molecule has 21 heavy (non-hydrogen) atoms. The van der Waals surface area contributed by atoms with E-state index in [1.54, 1.807) is 6.07 Å². The minimum atomic E-state index is -3.75. The SMILES string of the molecule is CC(=O)Nc1ccc(S(=O)(=O)NN=Cc2ccoc2)cc1. The van der Waals surface area contributed by atoms with Gasteiger partial charge in [-0.25, -0.2) is 4.83 Å². The Labute approximate surface area is 121 Å². The number of hydrazone groups is 1. The maximum Gasteiger partial charge on any atom is 0.276 e. The van der Waals surface area contributed by atoms with Crippen LogP contribution in [0.4, 0.5) is 5.69 Å². The van der Waals surface area contributed by atoms with Crippen LogP contribution in [0.2, 0.25) is 0 Å². The zero-order valence-corrected chi connectivity index (χ0v) is 11.9. The average Bonchev–Trinajstić information content (AvgIpc) is 2.91. The summed E-state index contributed by atoms with van der Waals surface area (Å²) >= 11 is 0. The highest BCUT2D eigenvalue weighted by Crippen LogP contribution is 2.13. The summed E-state index contributed by atoms with van der Waals surface area (Å²) in [5, 5.41) is 6.19. The van der Waals surface area contributed by atoms with Crippen LogP contribution >= 0.6 is 0 Å². The smallest absolute Gasteiger partial charge is 0.276 e. The van der Waals surface area contributed by atoms with Crippen LogP contribution < -0.4 is 10.1 Å². The summed E-state index contributed by atoms with van der Waals surface area (Å²) in [6.45, 7) is 1.37. The first-order valence-electron chi connectivity index (χ1n) is 5.92. The highest BCUT2D eigenvalue weighted by atomic mass is 32.2. The van der Waals surface area contributed by atoms with Crippen molar-refractivity contribution in [2.75, 3.05) is 5.32 Å². The van der Waals surface area contributed by atoms with Gasteiger partial charge >= 0.3 is 0 Å². The molecular formula is C13H13N3O4S. The number of hydrogen-bond acceptors (Lipinski definition) is 5. The molecule has 0 aliphatic heterocycles. The molecule has 110 valence electrons. The standard InChI is InChI=1S/C13H13N3O4S/c1-10(17)15-12-2-4-13(5-3-12)21(18,19)16-14-8-11-6-7-20-9-11/h2-9,16H,1H3,(H,15,17). The maximum atomic E-state index is 12.0. The van der Waals surface area contributed by atoms with Crippen LogP contribution in [0.1, 0.15) is 12.5 Å². The molecule has 2 N–H and O–H groups in total. The number of carbonyl (C=O) groups excluding carboxylic acids is 1. The van der Waals surface area contributed by atoms with Gasteiger partial charge in [0.15, 0.2) is 0 Å². The highest BCUT2D eigenvalue weighted by Gasteiger charge is 2.12. The molecule has 0 atom stereocenters. The summed E-state index contributed by atoms with van der Waals surface area (Å²) in [6, 6.07) is 7.38. The molecule has 2 rings (SSSR count). The molecule has 0 unspecified atom stereocenters. The summed E-state index contributed by atoms with van der Waals surface area (Å²) in [4.78, 5) is 13.0. The summed E-state index contributed by atoms with van der Waals surface area (Å²) in [5.74, 6) is -0.228. The fraction of sp³-hybridized carbons (Fsp3) is 0.0769. The molecule has 0 aliphatic rings. The van der Waals surface area contributed by atoms with Gasteiger partial charge in [-0.1, -0.05) is 0 Å². The molecule has 2 aromatic rings. The second kappa shape index (κ2) is 6.23. The Bertz CT molecular complexity index is 734. The summed E-state index contributed by atoms with van der Waals surface area (Å²) in [7, 11) is -3.75. The van der Waals surface area contributed by atoms with E-state index in [0.29, 0.717) is 11.3 Å². The predicted molar refractivity (Wildman–Crippen MR) is 77.4 cm³/mol. The van der Waals surface area contributed by atoms with Crippen LogP contribution in [0.15, 0.2) is 57.3 Å². The van der Waals surface area contributed by atoms with Gasteiger partial charge < -0.3 is 9.73 Å². The quantitative estimate of drug-likeness (QED) is 0.646. The van der Waals surface area contributed by atoms with Gasteiger partial charge in [-0.15, -0.1) is 0 Å². The molecular weight excluding hydrogens is 294 g/mol. The Morgan fingerprint density at radius 3 is 2.52 bits per heavy atom. The zero-order chi connectivity index (χ0) is 15.3. The van der Waals surface area contributed by atoms with E-state index in [-0.39, 0.29) is 10.8 Å².